The minimum Gasteiger partial charge on any atom is -0.334 e. The van der Waals surface area contributed by atoms with Gasteiger partial charge in [-0.2, -0.15) is 10.1 Å². The summed E-state index contributed by atoms with van der Waals surface area (Å²) in [6, 6.07) is 7.63. The van der Waals surface area contributed by atoms with Crippen LogP contribution < -0.4 is 5.73 Å². The maximum Gasteiger partial charge on any atom is 0.261 e. The molecule has 2 heterocycles. The second kappa shape index (κ2) is 6.46. The van der Waals surface area contributed by atoms with Crippen molar-refractivity contribution in [1.82, 2.24) is 19.9 Å². The van der Waals surface area contributed by atoms with Crippen LogP contribution in [0.4, 0.5) is 0 Å². The molecule has 142 valence electrons. The molecule has 0 bridgehead atoms. The molecule has 0 amide bonds. The maximum atomic E-state index is 6.49. The number of nitrogens with two attached hydrogens (primary N) is 1. The molecule has 0 aliphatic heterocycles. The SMILES string of the molecule is CC(C)(C)n1cc(-c2nc(C3(N)CCCC3)no2)c(-c2ccccc2Cl)n1. The third-order valence-corrected chi connectivity index (χ3v) is 5.46. The Kier molecular flexibility index (Phi) is 4.35. The minimum atomic E-state index is -0.494. The number of hydrogen-bond acceptors (Lipinski definition) is 5. The van der Waals surface area contributed by atoms with E-state index >= 15 is 0 Å². The zero-order chi connectivity index (χ0) is 19.2. The lowest BCUT2D eigenvalue weighted by molar-refractivity contribution is 0.356. The average Bonchev–Trinajstić information content (AvgIpc) is 3.33. The Labute approximate surface area is 163 Å². The van der Waals surface area contributed by atoms with Gasteiger partial charge in [-0.3, -0.25) is 4.68 Å². The number of benzene rings is 1. The summed E-state index contributed by atoms with van der Waals surface area (Å²) in [4.78, 5) is 4.65. The summed E-state index contributed by atoms with van der Waals surface area (Å²) in [5, 5.41) is 9.61. The van der Waals surface area contributed by atoms with Gasteiger partial charge < -0.3 is 10.3 Å². The molecule has 0 atom stereocenters. The van der Waals surface area contributed by atoms with Crippen LogP contribution in [0.15, 0.2) is 35.0 Å². The molecule has 1 aliphatic carbocycles. The van der Waals surface area contributed by atoms with Crippen molar-refractivity contribution in [3.8, 4) is 22.7 Å². The first-order valence-electron chi connectivity index (χ1n) is 9.26. The van der Waals surface area contributed by atoms with E-state index in [4.69, 9.17) is 27.0 Å². The molecule has 1 fully saturated rings. The molecule has 7 heteroatoms. The quantitative estimate of drug-likeness (QED) is 0.704. The summed E-state index contributed by atoms with van der Waals surface area (Å²) < 4.78 is 7.52. The van der Waals surface area contributed by atoms with Gasteiger partial charge in [0, 0.05) is 11.8 Å². The van der Waals surface area contributed by atoms with Crippen LogP contribution in [0.25, 0.3) is 22.7 Å². The van der Waals surface area contributed by atoms with Crippen LogP contribution in [-0.2, 0) is 11.1 Å². The first-order chi connectivity index (χ1) is 12.8. The monoisotopic (exact) mass is 385 g/mol. The van der Waals surface area contributed by atoms with Gasteiger partial charge in [0.05, 0.1) is 21.7 Å². The highest BCUT2D eigenvalue weighted by Crippen LogP contribution is 2.38. The van der Waals surface area contributed by atoms with Crippen molar-refractivity contribution in [3.05, 3.63) is 41.3 Å². The standard InChI is InChI=1S/C20H24ClN5O/c1-19(2,3)26-12-14(16(24-26)13-8-4-5-9-15(13)21)17-23-18(25-27-17)20(22)10-6-7-11-20/h4-5,8-9,12H,6-7,10-11,22H2,1-3H3. The van der Waals surface area contributed by atoms with Crippen LogP contribution >= 0.6 is 11.6 Å². The number of nitrogens with zero attached hydrogens (tertiary/aromatic N) is 4. The van der Waals surface area contributed by atoms with Crippen LogP contribution in [0.3, 0.4) is 0 Å². The summed E-state index contributed by atoms with van der Waals surface area (Å²) in [6.07, 6.45) is 5.88. The molecule has 0 saturated heterocycles. The normalized spacial score (nSPS) is 16.8. The van der Waals surface area contributed by atoms with Gasteiger partial charge in [-0.05, 0) is 39.7 Å². The average molecular weight is 386 g/mol. The van der Waals surface area contributed by atoms with Gasteiger partial charge in [0.1, 0.15) is 5.69 Å². The van der Waals surface area contributed by atoms with Crippen LogP contribution in [0.5, 0.6) is 0 Å². The fourth-order valence-electron chi connectivity index (χ4n) is 3.49. The highest BCUT2D eigenvalue weighted by atomic mass is 35.5. The number of aromatic nitrogens is 4. The predicted molar refractivity (Wildman–Crippen MR) is 105 cm³/mol. The van der Waals surface area contributed by atoms with Crippen LogP contribution in [0, 0.1) is 0 Å². The van der Waals surface area contributed by atoms with E-state index in [1.165, 1.54) is 0 Å². The van der Waals surface area contributed by atoms with Gasteiger partial charge in [-0.1, -0.05) is 47.8 Å². The van der Waals surface area contributed by atoms with Crippen molar-refractivity contribution in [1.29, 1.82) is 0 Å². The van der Waals surface area contributed by atoms with Gasteiger partial charge in [0.2, 0.25) is 0 Å². The Morgan fingerprint density at radius 1 is 1.15 bits per heavy atom. The molecule has 2 N–H and O–H groups in total. The van der Waals surface area contributed by atoms with Gasteiger partial charge in [-0.15, -0.1) is 0 Å². The smallest absolute Gasteiger partial charge is 0.261 e. The third-order valence-electron chi connectivity index (χ3n) is 5.13. The van der Waals surface area contributed by atoms with Crippen LogP contribution in [-0.4, -0.2) is 19.9 Å². The van der Waals surface area contributed by atoms with Gasteiger partial charge in [0.25, 0.3) is 5.89 Å². The van der Waals surface area contributed by atoms with Crippen LogP contribution in [0.2, 0.25) is 5.02 Å². The third kappa shape index (κ3) is 3.28. The van der Waals surface area contributed by atoms with E-state index in [1.807, 2.05) is 35.1 Å². The van der Waals surface area contributed by atoms with E-state index in [-0.39, 0.29) is 5.54 Å². The van der Waals surface area contributed by atoms with Gasteiger partial charge in [-0.25, -0.2) is 0 Å². The van der Waals surface area contributed by atoms with E-state index < -0.39 is 5.54 Å². The highest BCUT2D eigenvalue weighted by molar-refractivity contribution is 6.33. The fourth-order valence-corrected chi connectivity index (χ4v) is 3.72. The highest BCUT2D eigenvalue weighted by Gasteiger charge is 2.36. The van der Waals surface area contributed by atoms with E-state index in [9.17, 15) is 0 Å². The molecule has 4 rings (SSSR count). The number of halogens is 1. The molecule has 1 saturated carbocycles. The fraction of sp³-hybridized carbons (Fsp3) is 0.450. The lowest BCUT2D eigenvalue weighted by atomic mass is 9.98. The van der Waals surface area contributed by atoms with E-state index in [0.29, 0.717) is 16.7 Å². The lowest BCUT2D eigenvalue weighted by Crippen LogP contribution is -2.34. The molecular formula is C20H24ClN5O. The lowest BCUT2D eigenvalue weighted by Gasteiger charge is -2.18. The Balaban J connectivity index is 1.84. The Bertz CT molecular complexity index is 963. The molecular weight excluding hydrogens is 362 g/mol. The second-order valence-corrected chi connectivity index (χ2v) is 8.68. The summed E-state index contributed by atoms with van der Waals surface area (Å²) in [5.74, 6) is 0.996. The zero-order valence-corrected chi connectivity index (χ0v) is 16.6. The van der Waals surface area contributed by atoms with E-state index in [1.54, 1.807) is 0 Å². The van der Waals surface area contributed by atoms with Crippen molar-refractivity contribution < 1.29 is 4.52 Å². The summed E-state index contributed by atoms with van der Waals surface area (Å²) >= 11 is 6.44. The molecule has 2 aromatic heterocycles. The molecule has 1 aliphatic rings. The second-order valence-electron chi connectivity index (χ2n) is 8.27. The summed E-state index contributed by atoms with van der Waals surface area (Å²) in [7, 11) is 0. The van der Waals surface area contributed by atoms with Crippen molar-refractivity contribution in [2.24, 2.45) is 5.73 Å². The molecule has 27 heavy (non-hydrogen) atoms. The first kappa shape index (κ1) is 18.2. The Morgan fingerprint density at radius 2 is 1.85 bits per heavy atom. The number of rotatable bonds is 3. The van der Waals surface area contributed by atoms with E-state index in [2.05, 4.69) is 30.9 Å². The minimum absolute atomic E-state index is 0.197. The van der Waals surface area contributed by atoms with Crippen molar-refractivity contribution in [2.75, 3.05) is 0 Å². The Morgan fingerprint density at radius 3 is 2.52 bits per heavy atom. The first-order valence-corrected chi connectivity index (χ1v) is 9.64. The predicted octanol–water partition coefficient (Wildman–Crippen LogP) is 4.74. The van der Waals surface area contributed by atoms with Crippen molar-refractivity contribution in [3.63, 3.8) is 0 Å². The van der Waals surface area contributed by atoms with Crippen LogP contribution in [0.1, 0.15) is 52.3 Å². The molecule has 0 radical (unpaired) electrons. The number of hydrogen-bond donors (Lipinski definition) is 1. The molecule has 1 aromatic carbocycles. The summed E-state index contributed by atoms with van der Waals surface area (Å²) in [5.41, 5.74) is 8.12. The zero-order valence-electron chi connectivity index (χ0n) is 15.9. The molecule has 0 unspecified atom stereocenters. The maximum absolute atomic E-state index is 6.49. The van der Waals surface area contributed by atoms with Crippen molar-refractivity contribution in [2.45, 2.75) is 57.5 Å². The van der Waals surface area contributed by atoms with E-state index in [0.717, 1.165) is 42.5 Å². The largest absolute Gasteiger partial charge is 0.334 e. The molecule has 6 nitrogen and oxygen atoms in total. The Hall–Kier alpha value is -2.18. The topological polar surface area (TPSA) is 82.8 Å². The molecule has 3 aromatic rings. The van der Waals surface area contributed by atoms with Crippen molar-refractivity contribution >= 4 is 11.6 Å². The van der Waals surface area contributed by atoms with Gasteiger partial charge >= 0.3 is 0 Å². The summed E-state index contributed by atoms with van der Waals surface area (Å²) in [6.45, 7) is 6.27. The molecule has 0 spiro atoms. The van der Waals surface area contributed by atoms with Gasteiger partial charge in [0.15, 0.2) is 5.82 Å².